The van der Waals surface area contributed by atoms with Crippen LogP contribution in [-0.2, 0) is 0 Å². The SMILES string of the molecule is CC(C)NCC(=O)c1cccnc1. The van der Waals surface area contributed by atoms with Gasteiger partial charge in [0, 0.05) is 24.0 Å². The molecule has 0 aliphatic rings. The first-order chi connectivity index (χ1) is 6.20. The lowest BCUT2D eigenvalue weighted by Crippen LogP contribution is -2.29. The fourth-order valence-electron chi connectivity index (χ4n) is 0.927. The monoisotopic (exact) mass is 178 g/mol. The second kappa shape index (κ2) is 4.72. The van der Waals surface area contributed by atoms with E-state index >= 15 is 0 Å². The van der Waals surface area contributed by atoms with Crippen LogP contribution in [0.1, 0.15) is 24.2 Å². The largest absolute Gasteiger partial charge is 0.307 e. The summed E-state index contributed by atoms with van der Waals surface area (Å²) >= 11 is 0. The minimum atomic E-state index is 0.0850. The third-order valence-electron chi connectivity index (χ3n) is 1.65. The van der Waals surface area contributed by atoms with Crippen molar-refractivity contribution in [2.75, 3.05) is 6.54 Å². The predicted molar refractivity (Wildman–Crippen MR) is 51.7 cm³/mol. The van der Waals surface area contributed by atoms with Gasteiger partial charge in [-0.1, -0.05) is 13.8 Å². The zero-order valence-corrected chi connectivity index (χ0v) is 7.95. The number of carbonyl (C=O) groups excluding carboxylic acids is 1. The van der Waals surface area contributed by atoms with Crippen molar-refractivity contribution in [3.8, 4) is 0 Å². The molecule has 1 aromatic heterocycles. The molecule has 1 rings (SSSR count). The highest BCUT2D eigenvalue weighted by atomic mass is 16.1. The number of ketones is 1. The van der Waals surface area contributed by atoms with E-state index in [0.717, 1.165) is 0 Å². The molecule has 0 unspecified atom stereocenters. The molecule has 0 aromatic carbocycles. The Labute approximate surface area is 78.2 Å². The van der Waals surface area contributed by atoms with Gasteiger partial charge in [-0.3, -0.25) is 9.78 Å². The summed E-state index contributed by atoms with van der Waals surface area (Å²) in [6.07, 6.45) is 3.25. The Morgan fingerprint density at radius 1 is 1.62 bits per heavy atom. The summed E-state index contributed by atoms with van der Waals surface area (Å²) in [5.41, 5.74) is 0.663. The molecule has 0 radical (unpaired) electrons. The highest BCUT2D eigenvalue weighted by Crippen LogP contribution is 1.96. The average Bonchev–Trinajstić information content (AvgIpc) is 2.15. The molecule has 1 N–H and O–H groups in total. The molecule has 0 aliphatic carbocycles. The molecular formula is C10H14N2O. The van der Waals surface area contributed by atoms with Crippen molar-refractivity contribution < 1.29 is 4.79 Å². The number of hydrogen-bond donors (Lipinski definition) is 1. The van der Waals surface area contributed by atoms with E-state index in [-0.39, 0.29) is 5.78 Å². The van der Waals surface area contributed by atoms with E-state index in [1.165, 1.54) is 0 Å². The normalized spacial score (nSPS) is 10.4. The number of pyridine rings is 1. The van der Waals surface area contributed by atoms with Crippen molar-refractivity contribution in [1.29, 1.82) is 0 Å². The van der Waals surface area contributed by atoms with Crippen molar-refractivity contribution in [3.05, 3.63) is 30.1 Å². The van der Waals surface area contributed by atoms with Crippen molar-refractivity contribution in [2.24, 2.45) is 0 Å². The van der Waals surface area contributed by atoms with Crippen LogP contribution in [0.25, 0.3) is 0 Å². The molecule has 0 amide bonds. The minimum absolute atomic E-state index is 0.0850. The molecular weight excluding hydrogens is 164 g/mol. The molecule has 1 aromatic rings. The molecule has 0 fully saturated rings. The predicted octanol–water partition coefficient (Wildman–Crippen LogP) is 1.26. The van der Waals surface area contributed by atoms with Gasteiger partial charge in [-0.25, -0.2) is 0 Å². The zero-order chi connectivity index (χ0) is 9.68. The molecule has 0 aliphatic heterocycles. The third-order valence-corrected chi connectivity index (χ3v) is 1.65. The van der Waals surface area contributed by atoms with Gasteiger partial charge in [0.2, 0.25) is 0 Å². The van der Waals surface area contributed by atoms with Crippen molar-refractivity contribution in [2.45, 2.75) is 19.9 Å². The molecule has 0 saturated heterocycles. The molecule has 13 heavy (non-hydrogen) atoms. The molecule has 70 valence electrons. The fraction of sp³-hybridized carbons (Fsp3) is 0.400. The van der Waals surface area contributed by atoms with Gasteiger partial charge in [0.25, 0.3) is 0 Å². The lowest BCUT2D eigenvalue weighted by Gasteiger charge is -2.06. The smallest absolute Gasteiger partial charge is 0.178 e. The number of rotatable bonds is 4. The van der Waals surface area contributed by atoms with Crippen LogP contribution in [0.5, 0.6) is 0 Å². The minimum Gasteiger partial charge on any atom is -0.307 e. The Hall–Kier alpha value is -1.22. The van der Waals surface area contributed by atoms with Gasteiger partial charge in [-0.2, -0.15) is 0 Å². The molecule has 0 atom stereocenters. The first kappa shape index (κ1) is 9.86. The maximum Gasteiger partial charge on any atom is 0.178 e. The van der Waals surface area contributed by atoms with Crippen molar-refractivity contribution in [3.63, 3.8) is 0 Å². The number of carbonyl (C=O) groups is 1. The number of nitrogens with zero attached hydrogens (tertiary/aromatic N) is 1. The Morgan fingerprint density at radius 3 is 2.92 bits per heavy atom. The maximum absolute atomic E-state index is 11.4. The van der Waals surface area contributed by atoms with Crippen LogP contribution in [-0.4, -0.2) is 23.4 Å². The van der Waals surface area contributed by atoms with Crippen molar-refractivity contribution in [1.82, 2.24) is 10.3 Å². The molecule has 3 heteroatoms. The second-order valence-electron chi connectivity index (χ2n) is 3.20. The van der Waals surface area contributed by atoms with Gasteiger partial charge in [0.05, 0.1) is 6.54 Å². The molecule has 0 bridgehead atoms. The van der Waals surface area contributed by atoms with Gasteiger partial charge in [0.15, 0.2) is 5.78 Å². The highest BCUT2D eigenvalue weighted by Gasteiger charge is 2.04. The van der Waals surface area contributed by atoms with E-state index in [1.807, 2.05) is 13.8 Å². The summed E-state index contributed by atoms with van der Waals surface area (Å²) in [4.78, 5) is 15.3. The van der Waals surface area contributed by atoms with E-state index in [2.05, 4.69) is 10.3 Å². The van der Waals surface area contributed by atoms with Crippen LogP contribution in [0, 0.1) is 0 Å². The van der Waals surface area contributed by atoms with E-state index in [0.29, 0.717) is 18.2 Å². The summed E-state index contributed by atoms with van der Waals surface area (Å²) < 4.78 is 0. The van der Waals surface area contributed by atoms with Crippen LogP contribution in [0.3, 0.4) is 0 Å². The Balaban J connectivity index is 2.50. The number of nitrogens with one attached hydrogen (secondary N) is 1. The lowest BCUT2D eigenvalue weighted by molar-refractivity contribution is 0.0988. The first-order valence-electron chi connectivity index (χ1n) is 4.37. The number of aromatic nitrogens is 1. The summed E-state index contributed by atoms with van der Waals surface area (Å²) in [5, 5.41) is 3.07. The van der Waals surface area contributed by atoms with Gasteiger partial charge < -0.3 is 5.32 Å². The van der Waals surface area contributed by atoms with Gasteiger partial charge in [-0.15, -0.1) is 0 Å². The molecule has 0 spiro atoms. The van der Waals surface area contributed by atoms with E-state index in [1.54, 1.807) is 24.5 Å². The topological polar surface area (TPSA) is 42.0 Å². The van der Waals surface area contributed by atoms with E-state index < -0.39 is 0 Å². The fourth-order valence-corrected chi connectivity index (χ4v) is 0.927. The summed E-state index contributed by atoms with van der Waals surface area (Å²) in [6, 6.07) is 3.88. The van der Waals surface area contributed by atoms with Crippen molar-refractivity contribution >= 4 is 5.78 Å². The number of Topliss-reactive ketones (excluding diaryl/α,β-unsaturated/α-hetero) is 1. The third kappa shape index (κ3) is 3.34. The van der Waals surface area contributed by atoms with E-state index in [4.69, 9.17) is 0 Å². The molecule has 0 saturated carbocycles. The van der Waals surface area contributed by atoms with Crippen LogP contribution >= 0.6 is 0 Å². The molecule has 1 heterocycles. The van der Waals surface area contributed by atoms with Gasteiger partial charge >= 0.3 is 0 Å². The standard InChI is InChI=1S/C10H14N2O/c1-8(2)12-7-10(13)9-4-3-5-11-6-9/h3-6,8,12H,7H2,1-2H3. The highest BCUT2D eigenvalue weighted by molar-refractivity contribution is 5.97. The lowest BCUT2D eigenvalue weighted by atomic mass is 10.2. The average molecular weight is 178 g/mol. The molecule has 3 nitrogen and oxygen atoms in total. The summed E-state index contributed by atoms with van der Waals surface area (Å²) in [7, 11) is 0. The number of hydrogen-bond acceptors (Lipinski definition) is 3. The van der Waals surface area contributed by atoms with Crippen LogP contribution in [0.4, 0.5) is 0 Å². The summed E-state index contributed by atoms with van der Waals surface area (Å²) in [6.45, 7) is 4.40. The maximum atomic E-state index is 11.4. The zero-order valence-electron chi connectivity index (χ0n) is 7.95. The van der Waals surface area contributed by atoms with Crippen LogP contribution in [0.15, 0.2) is 24.5 Å². The quantitative estimate of drug-likeness (QED) is 0.706. The van der Waals surface area contributed by atoms with Crippen LogP contribution in [0.2, 0.25) is 0 Å². The first-order valence-corrected chi connectivity index (χ1v) is 4.37. The van der Waals surface area contributed by atoms with E-state index in [9.17, 15) is 4.79 Å². The Morgan fingerprint density at radius 2 is 2.38 bits per heavy atom. The van der Waals surface area contributed by atoms with Gasteiger partial charge in [0.1, 0.15) is 0 Å². The summed E-state index contributed by atoms with van der Waals surface area (Å²) in [5.74, 6) is 0.0850. The Bertz CT molecular complexity index is 270. The van der Waals surface area contributed by atoms with Crippen LogP contribution < -0.4 is 5.32 Å². The second-order valence-corrected chi connectivity index (χ2v) is 3.20. The van der Waals surface area contributed by atoms with Gasteiger partial charge in [-0.05, 0) is 12.1 Å². The Kier molecular flexibility index (Phi) is 3.58.